The van der Waals surface area contributed by atoms with E-state index in [-0.39, 0.29) is 28.7 Å². The largest absolute Gasteiger partial charge is 0.347 e. The molecule has 124 valence electrons. The second-order valence-electron chi connectivity index (χ2n) is 5.99. The number of carbonyl (C=O) groups is 1. The molecule has 0 aliphatic carbocycles. The lowest BCUT2D eigenvalue weighted by Crippen LogP contribution is -2.41. The zero-order chi connectivity index (χ0) is 17.1. The molecule has 0 aromatic carbocycles. The van der Waals surface area contributed by atoms with Crippen molar-refractivity contribution in [1.29, 1.82) is 0 Å². The molecule has 2 aromatic heterocycles. The number of aromatic amines is 2. The van der Waals surface area contributed by atoms with Crippen molar-refractivity contribution in [2.45, 2.75) is 33.2 Å². The zero-order valence-corrected chi connectivity index (χ0v) is 13.4. The molecule has 0 bridgehead atoms. The van der Waals surface area contributed by atoms with Gasteiger partial charge in [-0.15, -0.1) is 0 Å². The number of nitrogens with zero attached hydrogens (tertiary/aromatic N) is 1. The molecule has 8 nitrogen and oxygen atoms in total. The third kappa shape index (κ3) is 3.84. The standard InChI is InChI=1S/C15H21N5O3/c1-7(2)4-9(6-16)17-13(21)10-5-8(3)11-12(18-10)19-15(23)20-14(11)22/h5,7,9H,4,6,16H2,1-3H3,(H,17,21)(H2,18,19,20,22,23). The van der Waals surface area contributed by atoms with Crippen molar-refractivity contribution < 1.29 is 4.79 Å². The number of nitrogens with two attached hydrogens (primary N) is 1. The van der Waals surface area contributed by atoms with Crippen LogP contribution in [0.15, 0.2) is 15.7 Å². The summed E-state index contributed by atoms with van der Waals surface area (Å²) in [7, 11) is 0. The number of nitrogens with one attached hydrogen (secondary N) is 3. The molecule has 1 atom stereocenters. The molecule has 8 heteroatoms. The summed E-state index contributed by atoms with van der Waals surface area (Å²) in [6.07, 6.45) is 0.755. The van der Waals surface area contributed by atoms with E-state index in [0.717, 1.165) is 6.42 Å². The highest BCUT2D eigenvalue weighted by Gasteiger charge is 2.17. The summed E-state index contributed by atoms with van der Waals surface area (Å²) < 4.78 is 0. The first-order chi connectivity index (χ1) is 10.8. The van der Waals surface area contributed by atoms with E-state index in [1.165, 1.54) is 6.07 Å². The molecule has 2 aromatic rings. The Hall–Kier alpha value is -2.48. The number of hydrogen-bond donors (Lipinski definition) is 4. The molecule has 0 spiro atoms. The fourth-order valence-electron chi connectivity index (χ4n) is 2.51. The van der Waals surface area contributed by atoms with E-state index in [0.29, 0.717) is 18.0 Å². The van der Waals surface area contributed by atoms with Crippen molar-refractivity contribution >= 4 is 16.9 Å². The molecule has 0 saturated heterocycles. The van der Waals surface area contributed by atoms with Crippen LogP contribution in [0.4, 0.5) is 0 Å². The Morgan fingerprint density at radius 3 is 2.65 bits per heavy atom. The van der Waals surface area contributed by atoms with E-state index in [2.05, 4.69) is 20.3 Å². The molecular weight excluding hydrogens is 298 g/mol. The third-order valence-electron chi connectivity index (χ3n) is 3.51. The maximum absolute atomic E-state index is 12.4. The van der Waals surface area contributed by atoms with Gasteiger partial charge in [0.15, 0.2) is 0 Å². The van der Waals surface area contributed by atoms with E-state index in [4.69, 9.17) is 5.73 Å². The van der Waals surface area contributed by atoms with Crippen LogP contribution in [0.1, 0.15) is 36.3 Å². The molecule has 2 heterocycles. The van der Waals surface area contributed by atoms with Crippen LogP contribution < -0.4 is 22.3 Å². The van der Waals surface area contributed by atoms with Gasteiger partial charge in [0.05, 0.1) is 5.39 Å². The Labute approximate surface area is 132 Å². The topological polar surface area (TPSA) is 134 Å². The first-order valence-electron chi connectivity index (χ1n) is 7.46. The fraction of sp³-hybridized carbons (Fsp3) is 0.467. The van der Waals surface area contributed by atoms with Gasteiger partial charge in [-0.25, -0.2) is 9.78 Å². The SMILES string of the molecule is Cc1cc(C(=O)NC(CN)CC(C)C)nc2[nH]c(=O)[nH]c(=O)c12. The van der Waals surface area contributed by atoms with E-state index < -0.39 is 11.2 Å². The van der Waals surface area contributed by atoms with Gasteiger partial charge in [-0.05, 0) is 30.9 Å². The van der Waals surface area contributed by atoms with Crippen molar-refractivity contribution in [2.24, 2.45) is 11.7 Å². The third-order valence-corrected chi connectivity index (χ3v) is 3.51. The van der Waals surface area contributed by atoms with Gasteiger partial charge in [-0.1, -0.05) is 13.8 Å². The normalized spacial score (nSPS) is 12.6. The number of fused-ring (bicyclic) bond motifs is 1. The molecular formula is C15H21N5O3. The minimum Gasteiger partial charge on any atom is -0.347 e. The van der Waals surface area contributed by atoms with Crippen molar-refractivity contribution in [3.8, 4) is 0 Å². The number of amides is 1. The summed E-state index contributed by atoms with van der Waals surface area (Å²) >= 11 is 0. The van der Waals surface area contributed by atoms with Crippen LogP contribution in [0.25, 0.3) is 11.0 Å². The number of aryl methyl sites for hydroxylation is 1. The average molecular weight is 319 g/mol. The van der Waals surface area contributed by atoms with Crippen LogP contribution in [-0.4, -0.2) is 33.4 Å². The summed E-state index contributed by atoms with van der Waals surface area (Å²) in [6.45, 7) is 6.10. The molecule has 23 heavy (non-hydrogen) atoms. The summed E-state index contributed by atoms with van der Waals surface area (Å²) in [6, 6.07) is 1.37. The molecule has 0 saturated carbocycles. The smallest absolute Gasteiger partial charge is 0.327 e. The van der Waals surface area contributed by atoms with Gasteiger partial charge in [0, 0.05) is 12.6 Å². The first-order valence-corrected chi connectivity index (χ1v) is 7.46. The van der Waals surface area contributed by atoms with E-state index >= 15 is 0 Å². The van der Waals surface area contributed by atoms with E-state index in [1.54, 1.807) is 6.92 Å². The van der Waals surface area contributed by atoms with Gasteiger partial charge >= 0.3 is 5.69 Å². The predicted octanol–water partition coefficient (Wildman–Crippen LogP) is 0.0230. The Kier molecular flexibility index (Phi) is 4.95. The second-order valence-corrected chi connectivity index (χ2v) is 5.99. The molecule has 0 fully saturated rings. The monoisotopic (exact) mass is 319 g/mol. The lowest BCUT2D eigenvalue weighted by Gasteiger charge is -2.18. The Balaban J connectivity index is 2.38. The summed E-state index contributed by atoms with van der Waals surface area (Å²) in [5.41, 5.74) is 5.28. The zero-order valence-electron chi connectivity index (χ0n) is 13.4. The lowest BCUT2D eigenvalue weighted by atomic mass is 10.0. The number of carbonyl (C=O) groups excluding carboxylic acids is 1. The van der Waals surface area contributed by atoms with E-state index in [1.807, 2.05) is 13.8 Å². The Morgan fingerprint density at radius 2 is 2.04 bits per heavy atom. The summed E-state index contributed by atoms with van der Waals surface area (Å²) in [4.78, 5) is 44.2. The molecule has 1 unspecified atom stereocenters. The number of rotatable bonds is 5. The van der Waals surface area contributed by atoms with E-state index in [9.17, 15) is 14.4 Å². The number of aromatic nitrogens is 3. The highest BCUT2D eigenvalue weighted by molar-refractivity contribution is 5.95. The van der Waals surface area contributed by atoms with Gasteiger partial charge in [0.2, 0.25) is 0 Å². The highest BCUT2D eigenvalue weighted by atomic mass is 16.2. The molecule has 5 N–H and O–H groups in total. The van der Waals surface area contributed by atoms with Crippen LogP contribution in [0.3, 0.4) is 0 Å². The molecule has 0 aliphatic heterocycles. The van der Waals surface area contributed by atoms with Gasteiger partial charge < -0.3 is 11.1 Å². The Bertz CT molecular complexity index is 837. The van der Waals surface area contributed by atoms with Crippen LogP contribution in [0.5, 0.6) is 0 Å². The summed E-state index contributed by atoms with van der Waals surface area (Å²) in [5.74, 6) is 0.0114. The highest BCUT2D eigenvalue weighted by Crippen LogP contribution is 2.11. The summed E-state index contributed by atoms with van der Waals surface area (Å²) in [5, 5.41) is 3.09. The Morgan fingerprint density at radius 1 is 1.35 bits per heavy atom. The van der Waals surface area contributed by atoms with Crippen LogP contribution in [0, 0.1) is 12.8 Å². The van der Waals surface area contributed by atoms with Crippen molar-refractivity contribution in [3.05, 3.63) is 38.2 Å². The van der Waals surface area contributed by atoms with Gasteiger partial charge in [-0.3, -0.25) is 19.6 Å². The first kappa shape index (κ1) is 16.9. The van der Waals surface area contributed by atoms with Crippen LogP contribution >= 0.6 is 0 Å². The lowest BCUT2D eigenvalue weighted by molar-refractivity contribution is 0.0929. The predicted molar refractivity (Wildman–Crippen MR) is 87.5 cm³/mol. The molecule has 0 radical (unpaired) electrons. The fourth-order valence-corrected chi connectivity index (χ4v) is 2.51. The van der Waals surface area contributed by atoms with Gasteiger partial charge in [0.25, 0.3) is 11.5 Å². The number of H-pyrrole nitrogens is 2. The van der Waals surface area contributed by atoms with Crippen molar-refractivity contribution in [1.82, 2.24) is 20.3 Å². The average Bonchev–Trinajstić information content (AvgIpc) is 2.44. The minimum atomic E-state index is -0.661. The number of pyridine rings is 1. The second kappa shape index (κ2) is 6.74. The van der Waals surface area contributed by atoms with Gasteiger partial charge in [-0.2, -0.15) is 0 Å². The van der Waals surface area contributed by atoms with Crippen molar-refractivity contribution in [2.75, 3.05) is 6.54 Å². The van der Waals surface area contributed by atoms with Crippen molar-refractivity contribution in [3.63, 3.8) is 0 Å². The minimum absolute atomic E-state index is 0.0945. The molecule has 2 rings (SSSR count). The van der Waals surface area contributed by atoms with Crippen LogP contribution in [-0.2, 0) is 0 Å². The maximum atomic E-state index is 12.4. The number of hydrogen-bond acceptors (Lipinski definition) is 5. The molecule has 0 aliphatic rings. The quantitative estimate of drug-likeness (QED) is 0.616. The van der Waals surface area contributed by atoms with Gasteiger partial charge in [0.1, 0.15) is 11.3 Å². The van der Waals surface area contributed by atoms with Crippen LogP contribution in [0.2, 0.25) is 0 Å². The molecule has 1 amide bonds. The maximum Gasteiger partial charge on any atom is 0.327 e.